The Bertz CT molecular complexity index is 1640. The maximum Gasteiger partial charge on any atom is 0.138 e. The summed E-state index contributed by atoms with van der Waals surface area (Å²) in [6, 6.07) is 18.6. The van der Waals surface area contributed by atoms with Gasteiger partial charge in [-0.1, -0.05) is 24.3 Å². The highest BCUT2D eigenvalue weighted by Crippen LogP contribution is 2.35. The normalized spacial score (nSPS) is 11.3. The Balaban J connectivity index is 1.50. The maximum absolute atomic E-state index is 14.5. The van der Waals surface area contributed by atoms with Gasteiger partial charge in [0.25, 0.3) is 0 Å². The van der Waals surface area contributed by atoms with Crippen LogP contribution in [0.3, 0.4) is 0 Å². The van der Waals surface area contributed by atoms with Gasteiger partial charge in [-0.2, -0.15) is 5.10 Å². The van der Waals surface area contributed by atoms with Gasteiger partial charge in [0.15, 0.2) is 0 Å². The number of aromatic amines is 2. The Morgan fingerprint density at radius 3 is 2.67 bits per heavy atom. The summed E-state index contributed by atoms with van der Waals surface area (Å²) >= 11 is 0. The molecule has 4 aromatic heterocycles. The van der Waals surface area contributed by atoms with Gasteiger partial charge >= 0.3 is 0 Å². The second kappa shape index (κ2) is 7.56. The number of fused-ring (bicyclic) bond motifs is 2. The number of ether oxygens (including phenoxy) is 1. The summed E-state index contributed by atoms with van der Waals surface area (Å²) in [5.41, 5.74) is 6.41. The molecule has 160 valence electrons. The van der Waals surface area contributed by atoms with Gasteiger partial charge in [-0.05, 0) is 47.5 Å². The predicted molar refractivity (Wildman–Crippen MR) is 126 cm³/mol. The summed E-state index contributed by atoms with van der Waals surface area (Å²) < 4.78 is 19.8. The van der Waals surface area contributed by atoms with Crippen LogP contribution < -0.4 is 4.74 Å². The maximum atomic E-state index is 14.5. The topological polar surface area (TPSA) is 79.5 Å². The Morgan fingerprint density at radius 1 is 0.879 bits per heavy atom. The van der Waals surface area contributed by atoms with Crippen LogP contribution in [0.5, 0.6) is 5.75 Å². The molecule has 0 unspecified atom stereocenters. The van der Waals surface area contributed by atoms with Crippen molar-refractivity contribution in [2.75, 3.05) is 7.11 Å². The molecule has 0 fully saturated rings. The van der Waals surface area contributed by atoms with Crippen LogP contribution in [0.1, 0.15) is 0 Å². The van der Waals surface area contributed by atoms with Gasteiger partial charge in [-0.25, -0.2) is 9.37 Å². The second-order valence-electron chi connectivity index (χ2n) is 7.73. The van der Waals surface area contributed by atoms with Crippen molar-refractivity contribution in [3.63, 3.8) is 0 Å². The van der Waals surface area contributed by atoms with Gasteiger partial charge < -0.3 is 9.72 Å². The third kappa shape index (κ3) is 3.22. The first-order valence-electron chi connectivity index (χ1n) is 10.4. The molecule has 0 atom stereocenters. The van der Waals surface area contributed by atoms with Crippen LogP contribution in [-0.4, -0.2) is 32.3 Å². The minimum absolute atomic E-state index is 0.269. The van der Waals surface area contributed by atoms with Crippen molar-refractivity contribution in [3.05, 3.63) is 85.1 Å². The number of H-pyrrole nitrogens is 2. The van der Waals surface area contributed by atoms with Gasteiger partial charge in [-0.15, -0.1) is 0 Å². The molecule has 0 aliphatic rings. The molecule has 6 rings (SSSR count). The third-order valence-electron chi connectivity index (χ3n) is 5.80. The molecule has 6 nitrogen and oxygen atoms in total. The first-order valence-corrected chi connectivity index (χ1v) is 10.4. The molecule has 4 heterocycles. The van der Waals surface area contributed by atoms with Crippen LogP contribution in [0, 0.1) is 5.82 Å². The molecule has 0 aliphatic heterocycles. The molecule has 33 heavy (non-hydrogen) atoms. The lowest BCUT2D eigenvalue weighted by Crippen LogP contribution is -1.86. The fraction of sp³-hybridized carbons (Fsp3) is 0.0385. The summed E-state index contributed by atoms with van der Waals surface area (Å²) in [4.78, 5) is 12.1. The lowest BCUT2D eigenvalue weighted by atomic mass is 10.0. The number of aromatic nitrogens is 5. The van der Waals surface area contributed by atoms with Crippen LogP contribution in [0.25, 0.3) is 55.6 Å². The zero-order valence-electron chi connectivity index (χ0n) is 17.6. The van der Waals surface area contributed by atoms with Crippen molar-refractivity contribution in [1.82, 2.24) is 25.1 Å². The van der Waals surface area contributed by atoms with E-state index in [1.165, 1.54) is 6.07 Å². The first-order chi connectivity index (χ1) is 16.2. The molecule has 0 bridgehead atoms. The smallest absolute Gasteiger partial charge is 0.138 e. The molecule has 2 N–H and O–H groups in total. The van der Waals surface area contributed by atoms with Crippen molar-refractivity contribution in [2.24, 2.45) is 0 Å². The van der Waals surface area contributed by atoms with Crippen LogP contribution in [-0.2, 0) is 0 Å². The van der Waals surface area contributed by atoms with Crippen LogP contribution in [0.4, 0.5) is 4.39 Å². The van der Waals surface area contributed by atoms with E-state index in [0.717, 1.165) is 44.4 Å². The van der Waals surface area contributed by atoms with Gasteiger partial charge in [0.05, 0.1) is 24.5 Å². The number of methoxy groups -OCH3 is 1. The lowest BCUT2D eigenvalue weighted by molar-refractivity contribution is 0.413. The fourth-order valence-corrected chi connectivity index (χ4v) is 4.16. The van der Waals surface area contributed by atoms with Crippen LogP contribution in [0.15, 0.2) is 79.3 Å². The van der Waals surface area contributed by atoms with Crippen molar-refractivity contribution >= 4 is 21.9 Å². The van der Waals surface area contributed by atoms with Crippen LogP contribution >= 0.6 is 0 Å². The van der Waals surface area contributed by atoms with Gasteiger partial charge in [0.1, 0.15) is 22.9 Å². The van der Waals surface area contributed by atoms with E-state index in [1.54, 1.807) is 37.8 Å². The number of nitrogens with one attached hydrogen (secondary N) is 2. The Hall–Kier alpha value is -4.52. The standard InChI is InChI=1S/C26H18FN5O/c1-33-17-10-16(13-28-14-17)15-6-7-23-21(11-15)25(32-31-23)24-12-20-18(8-9-29-26(20)30-24)19-4-2-3-5-22(19)27/h2-14H,1H3,(H,29,30)(H,31,32). The Morgan fingerprint density at radius 2 is 1.79 bits per heavy atom. The summed E-state index contributed by atoms with van der Waals surface area (Å²) in [5, 5.41) is 9.44. The molecule has 0 radical (unpaired) electrons. The quantitative estimate of drug-likeness (QED) is 0.357. The molecule has 7 heteroatoms. The predicted octanol–water partition coefficient (Wildman–Crippen LogP) is 5.98. The zero-order chi connectivity index (χ0) is 22.4. The SMILES string of the molecule is COc1cncc(-c2ccc3[nH]nc(-c4cc5c(-c6ccccc6F)ccnc5[nH]4)c3c2)c1. The third-order valence-corrected chi connectivity index (χ3v) is 5.80. The second-order valence-corrected chi connectivity index (χ2v) is 7.73. The number of hydrogen-bond donors (Lipinski definition) is 2. The van der Waals surface area contributed by atoms with Gasteiger partial charge in [0.2, 0.25) is 0 Å². The highest BCUT2D eigenvalue weighted by molar-refractivity contribution is 6.00. The van der Waals surface area contributed by atoms with Crippen molar-refractivity contribution in [3.8, 4) is 39.4 Å². The van der Waals surface area contributed by atoms with E-state index in [9.17, 15) is 4.39 Å². The number of rotatable bonds is 4. The average molecular weight is 435 g/mol. The van der Waals surface area contributed by atoms with Crippen LogP contribution in [0.2, 0.25) is 0 Å². The fourth-order valence-electron chi connectivity index (χ4n) is 4.16. The number of hydrogen-bond acceptors (Lipinski definition) is 4. The van der Waals surface area contributed by atoms with E-state index in [4.69, 9.17) is 4.74 Å². The summed E-state index contributed by atoms with van der Waals surface area (Å²) in [7, 11) is 1.62. The van der Waals surface area contributed by atoms with Crippen molar-refractivity contribution in [2.45, 2.75) is 0 Å². The van der Waals surface area contributed by atoms with Crippen molar-refractivity contribution < 1.29 is 9.13 Å². The average Bonchev–Trinajstić information content (AvgIpc) is 3.48. The minimum Gasteiger partial charge on any atom is -0.495 e. The molecule has 6 aromatic rings. The monoisotopic (exact) mass is 435 g/mol. The Kier molecular flexibility index (Phi) is 4.40. The zero-order valence-corrected chi connectivity index (χ0v) is 17.6. The van der Waals surface area contributed by atoms with E-state index in [2.05, 4.69) is 31.2 Å². The molecule has 0 aliphatic carbocycles. The summed E-state index contributed by atoms with van der Waals surface area (Å²) in [6.45, 7) is 0. The molecular weight excluding hydrogens is 417 g/mol. The first kappa shape index (κ1) is 19.2. The summed E-state index contributed by atoms with van der Waals surface area (Å²) in [5.74, 6) is 0.428. The molecular formula is C26H18FN5O. The van der Waals surface area contributed by atoms with E-state index < -0.39 is 0 Å². The highest BCUT2D eigenvalue weighted by Gasteiger charge is 2.16. The molecule has 2 aromatic carbocycles. The minimum atomic E-state index is -0.269. The Labute approximate surface area is 188 Å². The van der Waals surface area contributed by atoms with Crippen molar-refractivity contribution in [1.29, 1.82) is 0 Å². The highest BCUT2D eigenvalue weighted by atomic mass is 19.1. The number of halogens is 1. The molecule has 0 amide bonds. The molecule has 0 saturated heterocycles. The molecule has 0 spiro atoms. The molecule has 0 saturated carbocycles. The largest absolute Gasteiger partial charge is 0.495 e. The number of pyridine rings is 2. The van der Waals surface area contributed by atoms with E-state index in [0.29, 0.717) is 17.0 Å². The van der Waals surface area contributed by atoms with Gasteiger partial charge in [0, 0.05) is 34.3 Å². The van der Waals surface area contributed by atoms with Gasteiger partial charge in [-0.3, -0.25) is 10.1 Å². The van der Waals surface area contributed by atoms with E-state index >= 15 is 0 Å². The van der Waals surface area contributed by atoms with E-state index in [1.807, 2.05) is 36.4 Å². The lowest BCUT2D eigenvalue weighted by Gasteiger charge is -2.04. The number of benzene rings is 2. The summed E-state index contributed by atoms with van der Waals surface area (Å²) in [6.07, 6.45) is 5.16. The number of nitrogens with zero attached hydrogens (tertiary/aromatic N) is 3. The van der Waals surface area contributed by atoms with E-state index in [-0.39, 0.29) is 5.82 Å².